The van der Waals surface area contributed by atoms with E-state index in [0.717, 1.165) is 16.8 Å². The first-order valence-corrected chi connectivity index (χ1v) is 5.57. The highest BCUT2D eigenvalue weighted by Gasteiger charge is 2.16. The van der Waals surface area contributed by atoms with Gasteiger partial charge in [0.1, 0.15) is 6.00 Å². The maximum absolute atomic E-state index is 11.7. The standard InChI is InChI=1S/C12H16ClNO/c1-4-11(15)14(8-13)12-9(2)6-5-7-10(12)3/h5-7H,4,8H2,1-3H3. The molecule has 1 aromatic rings. The minimum atomic E-state index is 0.0578. The van der Waals surface area contributed by atoms with Crippen LogP contribution in [0, 0.1) is 13.8 Å². The topological polar surface area (TPSA) is 20.3 Å². The second-order valence-corrected chi connectivity index (χ2v) is 3.77. The quantitative estimate of drug-likeness (QED) is 0.571. The van der Waals surface area contributed by atoms with Gasteiger partial charge in [-0.25, -0.2) is 0 Å². The summed E-state index contributed by atoms with van der Waals surface area (Å²) in [6, 6.07) is 6.17. The van der Waals surface area contributed by atoms with E-state index in [9.17, 15) is 4.79 Å². The monoisotopic (exact) mass is 225 g/mol. The van der Waals surface area contributed by atoms with E-state index in [-0.39, 0.29) is 11.9 Å². The number of rotatable bonds is 3. The maximum Gasteiger partial charge on any atom is 0.227 e. The molecule has 0 bridgehead atoms. The van der Waals surface area contributed by atoms with Crippen LogP contribution in [0.3, 0.4) is 0 Å². The molecule has 0 unspecified atom stereocenters. The summed E-state index contributed by atoms with van der Waals surface area (Å²) < 4.78 is 0. The van der Waals surface area contributed by atoms with Crippen LogP contribution in [-0.4, -0.2) is 11.9 Å². The second kappa shape index (κ2) is 5.17. The molecular weight excluding hydrogens is 210 g/mol. The number of carbonyl (C=O) groups excluding carboxylic acids is 1. The molecule has 0 aliphatic rings. The van der Waals surface area contributed by atoms with Crippen LogP contribution < -0.4 is 4.90 Å². The van der Waals surface area contributed by atoms with Crippen molar-refractivity contribution in [3.05, 3.63) is 29.3 Å². The second-order valence-electron chi connectivity index (χ2n) is 3.54. The summed E-state index contributed by atoms with van der Waals surface area (Å²) >= 11 is 5.82. The third kappa shape index (κ3) is 2.51. The van der Waals surface area contributed by atoms with Crippen molar-refractivity contribution in [1.82, 2.24) is 0 Å². The Labute approximate surface area is 95.8 Å². The zero-order valence-electron chi connectivity index (χ0n) is 9.38. The van der Waals surface area contributed by atoms with Crippen molar-refractivity contribution in [1.29, 1.82) is 0 Å². The van der Waals surface area contributed by atoms with Crippen molar-refractivity contribution in [3.8, 4) is 0 Å². The lowest BCUT2D eigenvalue weighted by atomic mass is 10.1. The first kappa shape index (κ1) is 12.1. The lowest BCUT2D eigenvalue weighted by Crippen LogP contribution is -2.30. The van der Waals surface area contributed by atoms with Gasteiger partial charge in [0.25, 0.3) is 0 Å². The number of nitrogens with zero attached hydrogens (tertiary/aromatic N) is 1. The van der Waals surface area contributed by atoms with E-state index in [1.54, 1.807) is 4.90 Å². The zero-order chi connectivity index (χ0) is 11.4. The summed E-state index contributed by atoms with van der Waals surface area (Å²) in [5, 5.41) is 0. The number of anilines is 1. The predicted octanol–water partition coefficient (Wildman–Crippen LogP) is 3.24. The average Bonchev–Trinajstić information content (AvgIpc) is 2.22. The van der Waals surface area contributed by atoms with Gasteiger partial charge in [0, 0.05) is 6.42 Å². The first-order valence-electron chi connectivity index (χ1n) is 5.04. The minimum Gasteiger partial charge on any atom is -0.298 e. The van der Waals surface area contributed by atoms with Crippen LogP contribution in [0.5, 0.6) is 0 Å². The number of benzene rings is 1. The molecular formula is C12H16ClNO. The van der Waals surface area contributed by atoms with Gasteiger partial charge in [-0.2, -0.15) is 0 Å². The molecule has 1 rings (SSSR count). The number of hydrogen-bond donors (Lipinski definition) is 0. The van der Waals surface area contributed by atoms with Gasteiger partial charge in [0.05, 0.1) is 5.69 Å². The van der Waals surface area contributed by atoms with Crippen LogP contribution in [0.25, 0.3) is 0 Å². The molecule has 0 saturated carbocycles. The van der Waals surface area contributed by atoms with Crippen molar-refractivity contribution in [2.45, 2.75) is 27.2 Å². The minimum absolute atomic E-state index is 0.0578. The lowest BCUT2D eigenvalue weighted by Gasteiger charge is -2.23. The Morgan fingerprint density at radius 1 is 1.33 bits per heavy atom. The highest BCUT2D eigenvalue weighted by Crippen LogP contribution is 2.25. The smallest absolute Gasteiger partial charge is 0.227 e. The third-order valence-corrected chi connectivity index (χ3v) is 2.67. The molecule has 0 saturated heterocycles. The molecule has 0 radical (unpaired) electrons. The summed E-state index contributed by atoms with van der Waals surface area (Å²) in [5.74, 6) is 0.0578. The molecule has 1 amide bonds. The maximum atomic E-state index is 11.7. The van der Waals surface area contributed by atoms with E-state index in [1.807, 2.05) is 39.0 Å². The number of hydrogen-bond acceptors (Lipinski definition) is 1. The Balaban J connectivity index is 3.17. The molecule has 0 aliphatic carbocycles. The van der Waals surface area contributed by atoms with E-state index < -0.39 is 0 Å². The van der Waals surface area contributed by atoms with E-state index in [4.69, 9.17) is 11.6 Å². The molecule has 2 nitrogen and oxygen atoms in total. The third-order valence-electron chi connectivity index (χ3n) is 2.43. The van der Waals surface area contributed by atoms with E-state index in [0.29, 0.717) is 6.42 Å². The number of alkyl halides is 1. The van der Waals surface area contributed by atoms with Crippen molar-refractivity contribution in [3.63, 3.8) is 0 Å². The van der Waals surface area contributed by atoms with Crippen molar-refractivity contribution < 1.29 is 4.79 Å². The fraction of sp³-hybridized carbons (Fsp3) is 0.417. The average molecular weight is 226 g/mol. The van der Waals surface area contributed by atoms with Gasteiger partial charge in [0.15, 0.2) is 0 Å². The van der Waals surface area contributed by atoms with Gasteiger partial charge in [0.2, 0.25) is 5.91 Å². The highest BCUT2D eigenvalue weighted by molar-refractivity contribution is 6.21. The summed E-state index contributed by atoms with van der Waals surface area (Å²) in [6.07, 6.45) is 0.473. The van der Waals surface area contributed by atoms with Crippen molar-refractivity contribution in [2.24, 2.45) is 0 Å². The molecule has 0 aromatic heterocycles. The van der Waals surface area contributed by atoms with Crippen LogP contribution in [0.15, 0.2) is 18.2 Å². The highest BCUT2D eigenvalue weighted by atomic mass is 35.5. The predicted molar refractivity (Wildman–Crippen MR) is 64.4 cm³/mol. The van der Waals surface area contributed by atoms with E-state index >= 15 is 0 Å². The first-order chi connectivity index (χ1) is 7.11. The Kier molecular flexibility index (Phi) is 4.15. The number of amides is 1. The van der Waals surface area contributed by atoms with Gasteiger partial charge in [-0.1, -0.05) is 25.1 Å². The zero-order valence-corrected chi connectivity index (χ0v) is 10.1. The van der Waals surface area contributed by atoms with E-state index in [1.165, 1.54) is 0 Å². The van der Waals surface area contributed by atoms with Crippen LogP contribution in [0.4, 0.5) is 5.69 Å². The summed E-state index contributed by atoms with van der Waals surface area (Å²) in [7, 11) is 0. The normalized spacial score (nSPS) is 10.1. The molecule has 0 spiro atoms. The van der Waals surface area contributed by atoms with Gasteiger partial charge < -0.3 is 0 Å². The molecule has 15 heavy (non-hydrogen) atoms. The molecule has 0 heterocycles. The number of para-hydroxylation sites is 1. The largest absolute Gasteiger partial charge is 0.298 e. The Morgan fingerprint density at radius 3 is 2.27 bits per heavy atom. The van der Waals surface area contributed by atoms with Crippen molar-refractivity contribution in [2.75, 3.05) is 10.9 Å². The van der Waals surface area contributed by atoms with Crippen LogP contribution in [-0.2, 0) is 4.79 Å². The van der Waals surface area contributed by atoms with Crippen LogP contribution in [0.1, 0.15) is 24.5 Å². The van der Waals surface area contributed by atoms with Gasteiger partial charge in [-0.3, -0.25) is 9.69 Å². The molecule has 0 N–H and O–H groups in total. The SMILES string of the molecule is CCC(=O)N(CCl)c1c(C)cccc1C. The fourth-order valence-corrected chi connectivity index (χ4v) is 1.93. The number of carbonyl (C=O) groups is 1. The summed E-state index contributed by atoms with van der Waals surface area (Å²) in [6.45, 7) is 5.82. The Hall–Kier alpha value is -1.02. The molecule has 3 heteroatoms. The Morgan fingerprint density at radius 2 is 1.87 bits per heavy atom. The van der Waals surface area contributed by atoms with E-state index in [2.05, 4.69) is 0 Å². The Bertz CT molecular complexity index is 342. The summed E-state index contributed by atoms with van der Waals surface area (Å²) in [4.78, 5) is 13.3. The van der Waals surface area contributed by atoms with Crippen molar-refractivity contribution >= 4 is 23.2 Å². The van der Waals surface area contributed by atoms with Crippen LogP contribution >= 0.6 is 11.6 Å². The number of aryl methyl sites for hydroxylation is 2. The molecule has 1 aromatic carbocycles. The van der Waals surface area contributed by atoms with Gasteiger partial charge >= 0.3 is 0 Å². The number of halogens is 1. The molecule has 0 aliphatic heterocycles. The molecule has 0 fully saturated rings. The van der Waals surface area contributed by atoms with Gasteiger partial charge in [-0.15, -0.1) is 11.6 Å². The summed E-state index contributed by atoms with van der Waals surface area (Å²) in [5.41, 5.74) is 3.11. The molecule has 82 valence electrons. The fourth-order valence-electron chi connectivity index (χ4n) is 1.67. The molecule has 0 atom stereocenters. The van der Waals surface area contributed by atoms with Crippen LogP contribution in [0.2, 0.25) is 0 Å². The lowest BCUT2D eigenvalue weighted by molar-refractivity contribution is -0.118. The van der Waals surface area contributed by atoms with Gasteiger partial charge in [-0.05, 0) is 25.0 Å².